The Bertz CT molecular complexity index is 673. The molecule has 0 aliphatic carbocycles. The van der Waals surface area contributed by atoms with Gasteiger partial charge in [-0.05, 0) is 30.3 Å². The lowest BCUT2D eigenvalue weighted by Gasteiger charge is -2.07. The van der Waals surface area contributed by atoms with E-state index >= 15 is 0 Å². The number of H-pyrrole nitrogens is 1. The summed E-state index contributed by atoms with van der Waals surface area (Å²) in [5.74, 6) is -0.173. The highest BCUT2D eigenvalue weighted by Crippen LogP contribution is 2.18. The molecule has 0 unspecified atom stereocenters. The van der Waals surface area contributed by atoms with E-state index in [1.807, 2.05) is 36.5 Å². The van der Waals surface area contributed by atoms with E-state index < -0.39 is 0 Å². The Morgan fingerprint density at radius 1 is 1.06 bits per heavy atom. The lowest BCUT2D eigenvalue weighted by molar-refractivity contribution is 0.613. The summed E-state index contributed by atoms with van der Waals surface area (Å²) in [6.07, 6.45) is 1.91. The molecule has 0 spiro atoms. The van der Waals surface area contributed by atoms with Crippen molar-refractivity contribution in [2.24, 2.45) is 0 Å². The molecule has 0 saturated heterocycles. The topological polar surface area (TPSA) is 27.8 Å². The summed E-state index contributed by atoms with van der Waals surface area (Å²) in [7, 11) is 0. The second-order valence-corrected chi connectivity index (χ2v) is 4.22. The molecule has 3 aromatic rings. The summed E-state index contributed by atoms with van der Waals surface area (Å²) in [5.41, 5.74) is 2.77. The van der Waals surface area contributed by atoms with Crippen LogP contribution < -0.4 is 5.32 Å². The van der Waals surface area contributed by atoms with Crippen LogP contribution in [0.5, 0.6) is 0 Å². The minimum absolute atomic E-state index is 0.173. The van der Waals surface area contributed by atoms with Gasteiger partial charge in [-0.1, -0.05) is 18.2 Å². The van der Waals surface area contributed by atoms with Gasteiger partial charge in [0.05, 0.1) is 0 Å². The number of hydrogen-bond donors (Lipinski definition) is 2. The lowest BCUT2D eigenvalue weighted by Crippen LogP contribution is -2.01. The molecule has 1 heterocycles. The molecule has 0 bridgehead atoms. The zero-order valence-corrected chi connectivity index (χ0v) is 9.78. The Morgan fingerprint density at radius 3 is 2.83 bits per heavy atom. The molecular weight excluding hydrogens is 227 g/mol. The Kier molecular flexibility index (Phi) is 2.73. The number of aromatic amines is 1. The Balaban J connectivity index is 1.78. The second-order valence-electron chi connectivity index (χ2n) is 4.22. The third kappa shape index (κ3) is 2.07. The molecule has 3 rings (SSSR count). The van der Waals surface area contributed by atoms with E-state index in [1.165, 1.54) is 6.07 Å². The van der Waals surface area contributed by atoms with E-state index in [0.717, 1.165) is 16.6 Å². The maximum atomic E-state index is 13.5. The van der Waals surface area contributed by atoms with Gasteiger partial charge >= 0.3 is 0 Å². The molecule has 18 heavy (non-hydrogen) atoms. The quantitative estimate of drug-likeness (QED) is 0.713. The van der Waals surface area contributed by atoms with Gasteiger partial charge in [0, 0.05) is 34.9 Å². The standard InChI is InChI=1S/C15H13FN2/c16-14-4-2-1-3-12(14)10-18-13-5-6-15-11(9-13)7-8-17-15/h1-9,17-18H,10H2. The first-order chi connectivity index (χ1) is 8.83. The van der Waals surface area contributed by atoms with Gasteiger partial charge in [0.15, 0.2) is 0 Å². The van der Waals surface area contributed by atoms with Gasteiger partial charge in [-0.3, -0.25) is 0 Å². The molecule has 0 aliphatic heterocycles. The first-order valence-corrected chi connectivity index (χ1v) is 5.87. The normalized spacial score (nSPS) is 10.7. The second kappa shape index (κ2) is 4.53. The van der Waals surface area contributed by atoms with E-state index in [1.54, 1.807) is 12.1 Å². The molecule has 2 nitrogen and oxygen atoms in total. The molecule has 0 saturated carbocycles. The summed E-state index contributed by atoms with van der Waals surface area (Å²) in [4.78, 5) is 3.14. The van der Waals surface area contributed by atoms with Crippen LogP contribution in [0.25, 0.3) is 10.9 Å². The summed E-state index contributed by atoms with van der Waals surface area (Å²) in [5, 5.41) is 4.38. The molecule has 0 fully saturated rings. The van der Waals surface area contributed by atoms with Crippen molar-refractivity contribution in [2.75, 3.05) is 5.32 Å². The van der Waals surface area contributed by atoms with Gasteiger partial charge in [0.2, 0.25) is 0 Å². The summed E-state index contributed by atoms with van der Waals surface area (Å²) in [6.45, 7) is 0.489. The van der Waals surface area contributed by atoms with Crippen molar-refractivity contribution >= 4 is 16.6 Å². The number of hydrogen-bond acceptors (Lipinski definition) is 1. The highest BCUT2D eigenvalue weighted by Gasteiger charge is 2.01. The first-order valence-electron chi connectivity index (χ1n) is 5.87. The van der Waals surface area contributed by atoms with Crippen LogP contribution in [0.3, 0.4) is 0 Å². The fourth-order valence-corrected chi connectivity index (χ4v) is 2.00. The van der Waals surface area contributed by atoms with Crippen molar-refractivity contribution in [1.82, 2.24) is 4.98 Å². The van der Waals surface area contributed by atoms with E-state index in [2.05, 4.69) is 10.3 Å². The summed E-state index contributed by atoms with van der Waals surface area (Å²) in [6, 6.07) is 14.9. The number of nitrogens with one attached hydrogen (secondary N) is 2. The number of rotatable bonds is 3. The van der Waals surface area contributed by atoms with Gasteiger partial charge in [-0.15, -0.1) is 0 Å². The van der Waals surface area contributed by atoms with Gasteiger partial charge in [-0.2, -0.15) is 0 Å². The lowest BCUT2D eigenvalue weighted by atomic mass is 10.2. The predicted octanol–water partition coefficient (Wildman–Crippen LogP) is 3.92. The van der Waals surface area contributed by atoms with Crippen LogP contribution in [0.4, 0.5) is 10.1 Å². The largest absolute Gasteiger partial charge is 0.381 e. The third-order valence-corrected chi connectivity index (χ3v) is 2.99. The molecule has 1 aromatic heterocycles. The Morgan fingerprint density at radius 2 is 1.94 bits per heavy atom. The first kappa shape index (κ1) is 10.8. The van der Waals surface area contributed by atoms with E-state index in [0.29, 0.717) is 12.1 Å². The number of fused-ring (bicyclic) bond motifs is 1. The number of anilines is 1. The van der Waals surface area contributed by atoms with Crippen molar-refractivity contribution in [1.29, 1.82) is 0 Å². The Hall–Kier alpha value is -2.29. The average molecular weight is 240 g/mol. The highest BCUT2D eigenvalue weighted by atomic mass is 19.1. The number of aromatic nitrogens is 1. The van der Waals surface area contributed by atoms with Crippen molar-refractivity contribution in [3.63, 3.8) is 0 Å². The smallest absolute Gasteiger partial charge is 0.128 e. The minimum atomic E-state index is -0.173. The van der Waals surface area contributed by atoms with Crippen molar-refractivity contribution in [3.8, 4) is 0 Å². The van der Waals surface area contributed by atoms with Gasteiger partial charge in [0.1, 0.15) is 5.82 Å². The minimum Gasteiger partial charge on any atom is -0.381 e. The highest BCUT2D eigenvalue weighted by molar-refractivity contribution is 5.82. The zero-order chi connectivity index (χ0) is 12.4. The molecule has 0 radical (unpaired) electrons. The zero-order valence-electron chi connectivity index (χ0n) is 9.78. The molecule has 3 heteroatoms. The van der Waals surface area contributed by atoms with Crippen LogP contribution in [-0.2, 0) is 6.54 Å². The van der Waals surface area contributed by atoms with Crippen LogP contribution in [0, 0.1) is 5.82 Å². The van der Waals surface area contributed by atoms with Crippen molar-refractivity contribution in [2.45, 2.75) is 6.54 Å². The molecule has 90 valence electrons. The third-order valence-electron chi connectivity index (χ3n) is 2.99. The molecule has 2 aromatic carbocycles. The Labute approximate surface area is 104 Å². The fraction of sp³-hybridized carbons (Fsp3) is 0.0667. The molecule has 0 aliphatic rings. The van der Waals surface area contributed by atoms with E-state index in [4.69, 9.17) is 0 Å². The molecule has 0 atom stereocenters. The predicted molar refractivity (Wildman–Crippen MR) is 72.0 cm³/mol. The molecule has 2 N–H and O–H groups in total. The van der Waals surface area contributed by atoms with Gasteiger partial charge < -0.3 is 10.3 Å². The maximum absolute atomic E-state index is 13.5. The van der Waals surface area contributed by atoms with Crippen LogP contribution in [-0.4, -0.2) is 4.98 Å². The summed E-state index contributed by atoms with van der Waals surface area (Å²) < 4.78 is 13.5. The molecular formula is C15H13FN2. The van der Waals surface area contributed by atoms with Crippen molar-refractivity contribution in [3.05, 3.63) is 66.1 Å². The molecule has 0 amide bonds. The number of halogens is 1. The van der Waals surface area contributed by atoms with Crippen LogP contribution in [0.2, 0.25) is 0 Å². The monoisotopic (exact) mass is 240 g/mol. The van der Waals surface area contributed by atoms with Gasteiger partial charge in [0.25, 0.3) is 0 Å². The maximum Gasteiger partial charge on any atom is 0.128 e. The SMILES string of the molecule is Fc1ccccc1CNc1ccc2[nH]ccc2c1. The van der Waals surface area contributed by atoms with Gasteiger partial charge in [-0.25, -0.2) is 4.39 Å². The fourth-order valence-electron chi connectivity index (χ4n) is 2.00. The summed E-state index contributed by atoms with van der Waals surface area (Å²) >= 11 is 0. The van der Waals surface area contributed by atoms with Crippen molar-refractivity contribution < 1.29 is 4.39 Å². The van der Waals surface area contributed by atoms with E-state index in [-0.39, 0.29) is 5.82 Å². The average Bonchev–Trinajstić information content (AvgIpc) is 2.85. The van der Waals surface area contributed by atoms with Crippen LogP contribution >= 0.6 is 0 Å². The van der Waals surface area contributed by atoms with Crippen LogP contribution in [0.15, 0.2) is 54.7 Å². The van der Waals surface area contributed by atoms with Crippen LogP contribution in [0.1, 0.15) is 5.56 Å². The number of benzene rings is 2. The van der Waals surface area contributed by atoms with E-state index in [9.17, 15) is 4.39 Å².